The Morgan fingerprint density at radius 3 is 2.37 bits per heavy atom. The molecule has 1 unspecified atom stereocenters. The fourth-order valence-corrected chi connectivity index (χ4v) is 8.04. The maximum Gasteiger partial charge on any atom is 0.387 e. The Morgan fingerprint density at radius 1 is 0.930 bits per heavy atom. The van der Waals surface area contributed by atoms with Crippen LogP contribution < -0.4 is 19.8 Å². The Bertz CT molecular complexity index is 1980. The normalized spacial score (nSPS) is 19.9. The van der Waals surface area contributed by atoms with Crippen molar-refractivity contribution in [2.45, 2.75) is 63.5 Å². The summed E-state index contributed by atoms with van der Waals surface area (Å²) in [6, 6.07) is 21.1. The van der Waals surface area contributed by atoms with E-state index < -0.39 is 24.7 Å². The lowest BCUT2D eigenvalue weighted by Gasteiger charge is -2.44. The summed E-state index contributed by atoms with van der Waals surface area (Å²) in [5.41, 5.74) is 3.48. The molecule has 1 aliphatic carbocycles. The quantitative estimate of drug-likeness (QED) is 0.100. The average molecular weight is 825 g/mol. The highest BCUT2D eigenvalue weighted by atomic mass is 35.5. The van der Waals surface area contributed by atoms with Crippen molar-refractivity contribution in [2.24, 2.45) is 11.8 Å². The number of aromatic amines is 1. The monoisotopic (exact) mass is 823 g/mol. The molecule has 8 rings (SSSR count). The minimum Gasteiger partial charge on any atom is -0.489 e. The Morgan fingerprint density at radius 2 is 1.68 bits per heavy atom. The molecule has 3 aromatic carbocycles. The van der Waals surface area contributed by atoms with Gasteiger partial charge in [-0.25, -0.2) is 9.78 Å². The van der Waals surface area contributed by atoms with E-state index in [9.17, 15) is 18.4 Å². The minimum atomic E-state index is -3.04. The molecular weight excluding hydrogens is 777 g/mol. The molecule has 4 fully saturated rings. The summed E-state index contributed by atoms with van der Waals surface area (Å²) in [7, 11) is 1.80. The SMILES string of the molecule is CN(CC(=O)O[C@@H](Cc1c(Cl)c[nH+]cc1Cl)c1ccc(OC(F)F)c(OCC2CC2)c1)Cc1cccc(NC(C(=O)O[C@H]2CN3CCC2CC3)c2ccccc2)c1. The molecule has 4 aliphatic rings. The van der Waals surface area contributed by atoms with E-state index >= 15 is 0 Å². The van der Waals surface area contributed by atoms with Gasteiger partial charge >= 0.3 is 18.6 Å². The van der Waals surface area contributed by atoms with E-state index in [-0.39, 0.29) is 36.5 Å². The number of nitrogens with zero attached hydrogens (tertiary/aromatic N) is 2. The van der Waals surface area contributed by atoms with Gasteiger partial charge in [-0.3, -0.25) is 14.6 Å². The molecule has 3 atom stereocenters. The van der Waals surface area contributed by atoms with Gasteiger partial charge in [-0.1, -0.05) is 71.7 Å². The summed E-state index contributed by atoms with van der Waals surface area (Å²) in [5.74, 6) is -0.0729. The summed E-state index contributed by atoms with van der Waals surface area (Å²) in [6.07, 6.45) is 6.34. The zero-order valence-corrected chi connectivity index (χ0v) is 33.2. The number of anilines is 1. The largest absolute Gasteiger partial charge is 0.489 e. The zero-order valence-electron chi connectivity index (χ0n) is 31.7. The van der Waals surface area contributed by atoms with Crippen LogP contribution in [-0.2, 0) is 32.0 Å². The topological polar surface area (TPSA) is 104 Å². The second kappa shape index (κ2) is 18.8. The number of benzene rings is 3. The Hall–Kier alpha value is -4.49. The lowest BCUT2D eigenvalue weighted by Crippen LogP contribution is -2.52. The standard InChI is InChI=1S/C43H46Cl2F2N4O6/c1-50(23-28-6-5-9-32(18-28)49-41(30-7-3-2-4-8-30)42(53)56-39-24-51-16-14-29(39)15-17-51)25-40(52)55-37(20-33-34(44)21-48-22-35(33)45)31-12-13-36(57-43(46)47)38(19-31)54-26-27-10-11-27/h2-9,12-13,18-19,21-22,27,29,37,39,41,43,49H,10-11,14-17,20,23-26H2,1H3/p+1/t37-,39-,41?/m0/s1. The average Bonchev–Trinajstić information content (AvgIpc) is 4.03. The lowest BCUT2D eigenvalue weighted by molar-refractivity contribution is -0.377. The Labute approximate surface area is 341 Å². The molecule has 0 spiro atoms. The van der Waals surface area contributed by atoms with E-state index in [1.165, 1.54) is 6.07 Å². The smallest absolute Gasteiger partial charge is 0.387 e. The molecule has 302 valence electrons. The van der Waals surface area contributed by atoms with Crippen LogP contribution in [-0.4, -0.2) is 74.3 Å². The molecule has 4 heterocycles. The van der Waals surface area contributed by atoms with Crippen molar-refractivity contribution < 1.29 is 42.3 Å². The number of carbonyl (C=O) groups excluding carboxylic acids is 2. The highest BCUT2D eigenvalue weighted by Crippen LogP contribution is 2.38. The van der Waals surface area contributed by atoms with E-state index in [4.69, 9.17) is 42.1 Å². The fraction of sp³-hybridized carbons (Fsp3) is 0.419. The van der Waals surface area contributed by atoms with E-state index in [1.54, 1.807) is 31.6 Å². The number of pyridine rings is 1. The van der Waals surface area contributed by atoms with Crippen molar-refractivity contribution in [1.29, 1.82) is 0 Å². The van der Waals surface area contributed by atoms with Gasteiger partial charge in [0.25, 0.3) is 0 Å². The van der Waals surface area contributed by atoms with E-state index in [1.807, 2.05) is 59.5 Å². The van der Waals surface area contributed by atoms with Crippen molar-refractivity contribution in [3.8, 4) is 11.5 Å². The molecule has 3 aliphatic heterocycles. The zero-order chi connectivity index (χ0) is 39.9. The van der Waals surface area contributed by atoms with Crippen LogP contribution in [0.15, 0.2) is 85.2 Å². The first kappa shape index (κ1) is 40.7. The third-order valence-electron chi connectivity index (χ3n) is 10.7. The predicted octanol–water partition coefficient (Wildman–Crippen LogP) is 7.95. The van der Waals surface area contributed by atoms with Crippen LogP contribution in [0, 0.1) is 11.8 Å². The molecule has 10 nitrogen and oxygen atoms in total. The van der Waals surface area contributed by atoms with E-state index in [0.29, 0.717) is 46.2 Å². The van der Waals surface area contributed by atoms with E-state index in [0.717, 1.165) is 62.1 Å². The van der Waals surface area contributed by atoms with Crippen LogP contribution in [0.3, 0.4) is 0 Å². The van der Waals surface area contributed by atoms with Gasteiger partial charge in [0.2, 0.25) is 0 Å². The number of alkyl halides is 2. The van der Waals surface area contributed by atoms with Crippen LogP contribution >= 0.6 is 23.2 Å². The van der Waals surface area contributed by atoms with Gasteiger partial charge in [0.15, 0.2) is 29.9 Å². The van der Waals surface area contributed by atoms with Crippen LogP contribution in [0.4, 0.5) is 14.5 Å². The number of rotatable bonds is 18. The summed E-state index contributed by atoms with van der Waals surface area (Å²) >= 11 is 13.0. The Kier molecular flexibility index (Phi) is 13.5. The number of halogens is 4. The molecule has 3 saturated heterocycles. The first-order valence-electron chi connectivity index (χ1n) is 19.3. The van der Waals surface area contributed by atoms with Crippen molar-refractivity contribution in [3.05, 3.63) is 117 Å². The molecule has 14 heteroatoms. The van der Waals surface area contributed by atoms with Crippen molar-refractivity contribution in [3.63, 3.8) is 0 Å². The number of esters is 2. The number of fused-ring (bicyclic) bond motifs is 3. The van der Waals surface area contributed by atoms with Gasteiger partial charge in [0.1, 0.15) is 22.3 Å². The summed E-state index contributed by atoms with van der Waals surface area (Å²) in [5, 5.41) is 4.11. The molecule has 0 amide bonds. The predicted molar refractivity (Wildman–Crippen MR) is 211 cm³/mol. The van der Waals surface area contributed by atoms with Gasteiger partial charge in [-0.2, -0.15) is 8.78 Å². The van der Waals surface area contributed by atoms with Gasteiger partial charge < -0.3 is 24.3 Å². The first-order chi connectivity index (χ1) is 27.6. The van der Waals surface area contributed by atoms with Crippen LogP contribution in [0.5, 0.6) is 11.5 Å². The van der Waals surface area contributed by atoms with Crippen LogP contribution in [0.25, 0.3) is 0 Å². The number of nitrogens with one attached hydrogen (secondary N) is 2. The number of H-pyrrole nitrogens is 1. The van der Waals surface area contributed by atoms with Gasteiger partial charge in [-0.05, 0) is 98.6 Å². The molecule has 4 aromatic rings. The molecule has 1 saturated carbocycles. The maximum absolute atomic E-state index is 13.7. The molecule has 2 N–H and O–H groups in total. The van der Waals surface area contributed by atoms with Crippen LogP contribution in [0.2, 0.25) is 10.0 Å². The van der Waals surface area contributed by atoms with Crippen molar-refractivity contribution in [2.75, 3.05) is 45.2 Å². The maximum atomic E-state index is 13.7. The Balaban J connectivity index is 1.03. The number of ether oxygens (including phenoxy) is 4. The molecule has 1 aromatic heterocycles. The summed E-state index contributed by atoms with van der Waals surface area (Å²) in [6.45, 7) is 0.515. The van der Waals surface area contributed by atoms with Crippen LogP contribution in [0.1, 0.15) is 60.1 Å². The number of carbonyl (C=O) groups is 2. The highest BCUT2D eigenvalue weighted by Gasteiger charge is 2.38. The fourth-order valence-electron chi connectivity index (χ4n) is 7.50. The third-order valence-corrected chi connectivity index (χ3v) is 11.4. The van der Waals surface area contributed by atoms with Crippen molar-refractivity contribution >= 4 is 40.8 Å². The molecular formula is C43H47Cl2F2N4O6+. The van der Waals surface area contributed by atoms with E-state index in [2.05, 4.69) is 15.2 Å². The number of likely N-dealkylation sites (N-methyl/N-ethyl adjacent to an activating group) is 1. The first-order valence-corrected chi connectivity index (χ1v) is 20.1. The second-order valence-electron chi connectivity index (χ2n) is 15.1. The van der Waals surface area contributed by atoms with Gasteiger partial charge in [0, 0.05) is 30.8 Å². The molecule has 2 bridgehead atoms. The minimum absolute atomic E-state index is 0.0751. The molecule has 57 heavy (non-hydrogen) atoms. The summed E-state index contributed by atoms with van der Waals surface area (Å²) < 4.78 is 49.4. The number of hydrogen-bond donors (Lipinski definition) is 1. The van der Waals surface area contributed by atoms with Crippen molar-refractivity contribution in [1.82, 2.24) is 9.80 Å². The highest BCUT2D eigenvalue weighted by molar-refractivity contribution is 6.35. The lowest BCUT2D eigenvalue weighted by atomic mass is 9.86. The number of hydrogen-bond acceptors (Lipinski definition) is 9. The summed E-state index contributed by atoms with van der Waals surface area (Å²) in [4.78, 5) is 34.4. The molecule has 0 radical (unpaired) electrons. The number of aromatic nitrogens is 1. The second-order valence-corrected chi connectivity index (χ2v) is 15.9. The van der Waals surface area contributed by atoms with Gasteiger partial charge in [0.05, 0.1) is 13.2 Å². The number of piperidine rings is 3. The third kappa shape index (κ3) is 11.1. The van der Waals surface area contributed by atoms with Gasteiger partial charge in [-0.15, -0.1) is 0 Å².